The van der Waals surface area contributed by atoms with Gasteiger partial charge in [0.1, 0.15) is 0 Å². The Balaban J connectivity index is 2.73. The average molecular weight is 278 g/mol. The number of benzene rings is 1. The van der Waals surface area contributed by atoms with E-state index in [1.807, 2.05) is 20.8 Å². The lowest BCUT2D eigenvalue weighted by atomic mass is 10.1. The molecule has 1 unspecified atom stereocenters. The molecule has 5 nitrogen and oxygen atoms in total. The Morgan fingerprint density at radius 1 is 1.35 bits per heavy atom. The first-order valence-electron chi connectivity index (χ1n) is 6.70. The third-order valence-corrected chi connectivity index (χ3v) is 3.05. The average Bonchev–Trinajstić information content (AvgIpc) is 2.45. The number of hydrogen-bond donors (Lipinski definition) is 2. The Morgan fingerprint density at radius 3 is 2.60 bits per heavy atom. The number of methoxy groups -OCH3 is 1. The lowest BCUT2D eigenvalue weighted by Crippen LogP contribution is -2.30. The van der Waals surface area contributed by atoms with Crippen LogP contribution in [0, 0.1) is 12.8 Å². The van der Waals surface area contributed by atoms with E-state index in [1.165, 1.54) is 7.11 Å². The van der Waals surface area contributed by atoms with Gasteiger partial charge in [-0.15, -0.1) is 0 Å². The monoisotopic (exact) mass is 278 g/mol. The Hall–Kier alpha value is -1.88. The molecular formula is C15H22N2O3. The van der Waals surface area contributed by atoms with Gasteiger partial charge in [0, 0.05) is 18.2 Å². The molecule has 20 heavy (non-hydrogen) atoms. The Labute approximate surface area is 119 Å². The topological polar surface area (TPSA) is 67.4 Å². The van der Waals surface area contributed by atoms with Crippen molar-refractivity contribution in [1.29, 1.82) is 0 Å². The summed E-state index contributed by atoms with van der Waals surface area (Å²) in [6.07, 6.45) is 0. The summed E-state index contributed by atoms with van der Waals surface area (Å²) >= 11 is 0. The summed E-state index contributed by atoms with van der Waals surface area (Å²) in [5.41, 5.74) is 2.02. The second-order valence-corrected chi connectivity index (χ2v) is 4.72. The first kappa shape index (κ1) is 16.2. The Bertz CT molecular complexity index is 486. The van der Waals surface area contributed by atoms with E-state index >= 15 is 0 Å². The molecule has 1 aromatic carbocycles. The molecule has 0 bridgehead atoms. The SMILES string of the molecule is CCNCC(C)C(=O)Nc1ccc(C(=O)OC)cc1C. The van der Waals surface area contributed by atoms with Crippen molar-refractivity contribution in [2.24, 2.45) is 5.92 Å². The highest BCUT2D eigenvalue weighted by Gasteiger charge is 2.14. The molecule has 1 rings (SSSR count). The summed E-state index contributed by atoms with van der Waals surface area (Å²) in [5, 5.41) is 6.01. The summed E-state index contributed by atoms with van der Waals surface area (Å²) < 4.78 is 4.66. The quantitative estimate of drug-likeness (QED) is 0.781. The van der Waals surface area contributed by atoms with Crippen LogP contribution in [0.3, 0.4) is 0 Å². The van der Waals surface area contributed by atoms with Gasteiger partial charge in [-0.05, 0) is 37.2 Å². The van der Waals surface area contributed by atoms with Crippen LogP contribution >= 0.6 is 0 Å². The van der Waals surface area contributed by atoms with E-state index in [9.17, 15) is 9.59 Å². The third kappa shape index (κ3) is 4.35. The van der Waals surface area contributed by atoms with Gasteiger partial charge in [-0.2, -0.15) is 0 Å². The molecule has 0 heterocycles. The predicted molar refractivity (Wildman–Crippen MR) is 78.9 cm³/mol. The lowest BCUT2D eigenvalue weighted by molar-refractivity contribution is -0.119. The maximum absolute atomic E-state index is 12.0. The summed E-state index contributed by atoms with van der Waals surface area (Å²) in [5.74, 6) is -0.541. The van der Waals surface area contributed by atoms with Crippen molar-refractivity contribution in [2.45, 2.75) is 20.8 Å². The maximum atomic E-state index is 12.0. The second kappa shape index (κ2) is 7.65. The van der Waals surface area contributed by atoms with Crippen LogP contribution in [0.5, 0.6) is 0 Å². The van der Waals surface area contributed by atoms with Crippen LogP contribution in [0.2, 0.25) is 0 Å². The minimum Gasteiger partial charge on any atom is -0.465 e. The molecule has 1 atom stereocenters. The first-order chi connectivity index (χ1) is 9.49. The van der Waals surface area contributed by atoms with Crippen LogP contribution < -0.4 is 10.6 Å². The van der Waals surface area contributed by atoms with Crippen LogP contribution in [-0.2, 0) is 9.53 Å². The van der Waals surface area contributed by atoms with Gasteiger partial charge in [0.15, 0.2) is 0 Å². The normalized spacial score (nSPS) is 11.8. The van der Waals surface area contributed by atoms with E-state index in [2.05, 4.69) is 15.4 Å². The molecule has 1 amide bonds. The van der Waals surface area contributed by atoms with Crippen molar-refractivity contribution in [3.63, 3.8) is 0 Å². The fourth-order valence-corrected chi connectivity index (χ4v) is 1.76. The first-order valence-corrected chi connectivity index (χ1v) is 6.70. The number of amides is 1. The molecule has 0 aliphatic carbocycles. The molecule has 2 N–H and O–H groups in total. The van der Waals surface area contributed by atoms with Gasteiger partial charge in [0.2, 0.25) is 5.91 Å². The number of carbonyl (C=O) groups is 2. The van der Waals surface area contributed by atoms with Crippen molar-refractivity contribution < 1.29 is 14.3 Å². The van der Waals surface area contributed by atoms with E-state index in [-0.39, 0.29) is 17.8 Å². The van der Waals surface area contributed by atoms with Crippen LogP contribution in [0.15, 0.2) is 18.2 Å². The second-order valence-electron chi connectivity index (χ2n) is 4.72. The standard InChI is InChI=1S/C15H22N2O3/c1-5-16-9-11(3)14(18)17-13-7-6-12(8-10(13)2)15(19)20-4/h6-8,11,16H,5,9H2,1-4H3,(H,17,18). The molecule has 0 aromatic heterocycles. The molecule has 0 saturated heterocycles. The minimum absolute atomic E-state index is 0.0418. The molecule has 0 radical (unpaired) electrons. The zero-order valence-electron chi connectivity index (χ0n) is 12.4. The molecule has 0 aliphatic heterocycles. The molecule has 0 aliphatic rings. The fourth-order valence-electron chi connectivity index (χ4n) is 1.76. The number of ether oxygens (including phenoxy) is 1. The van der Waals surface area contributed by atoms with Gasteiger partial charge in [-0.3, -0.25) is 4.79 Å². The Morgan fingerprint density at radius 2 is 2.05 bits per heavy atom. The largest absolute Gasteiger partial charge is 0.465 e. The molecule has 5 heteroatoms. The molecule has 0 saturated carbocycles. The fraction of sp³-hybridized carbons (Fsp3) is 0.467. The summed E-state index contributed by atoms with van der Waals surface area (Å²) in [4.78, 5) is 23.4. The number of rotatable bonds is 6. The van der Waals surface area contributed by atoms with E-state index in [1.54, 1.807) is 18.2 Å². The van der Waals surface area contributed by atoms with Gasteiger partial charge in [0.25, 0.3) is 0 Å². The minimum atomic E-state index is -0.383. The summed E-state index contributed by atoms with van der Waals surface area (Å²) in [7, 11) is 1.34. The molecule has 0 fully saturated rings. The number of nitrogens with one attached hydrogen (secondary N) is 2. The molecular weight excluding hydrogens is 256 g/mol. The van der Waals surface area contributed by atoms with Gasteiger partial charge >= 0.3 is 5.97 Å². The zero-order chi connectivity index (χ0) is 15.1. The number of esters is 1. The zero-order valence-corrected chi connectivity index (χ0v) is 12.4. The predicted octanol–water partition coefficient (Wildman–Crippen LogP) is 1.97. The lowest BCUT2D eigenvalue weighted by Gasteiger charge is -2.14. The molecule has 110 valence electrons. The highest BCUT2D eigenvalue weighted by molar-refractivity contribution is 5.95. The van der Waals surface area contributed by atoms with Crippen LogP contribution in [0.4, 0.5) is 5.69 Å². The highest BCUT2D eigenvalue weighted by atomic mass is 16.5. The van der Waals surface area contributed by atoms with E-state index in [4.69, 9.17) is 0 Å². The van der Waals surface area contributed by atoms with Gasteiger partial charge in [-0.25, -0.2) is 4.79 Å². The summed E-state index contributed by atoms with van der Waals surface area (Å²) in [6.45, 7) is 7.19. The number of anilines is 1. The van der Waals surface area contributed by atoms with Crippen molar-refractivity contribution in [1.82, 2.24) is 5.32 Å². The Kier molecular flexibility index (Phi) is 6.18. The van der Waals surface area contributed by atoms with Crippen molar-refractivity contribution >= 4 is 17.6 Å². The highest BCUT2D eigenvalue weighted by Crippen LogP contribution is 2.18. The van der Waals surface area contributed by atoms with Gasteiger partial charge < -0.3 is 15.4 Å². The molecule has 1 aromatic rings. The maximum Gasteiger partial charge on any atom is 0.337 e. The van der Waals surface area contributed by atoms with Crippen LogP contribution in [0.1, 0.15) is 29.8 Å². The smallest absolute Gasteiger partial charge is 0.337 e. The van der Waals surface area contributed by atoms with E-state index in [0.717, 1.165) is 12.1 Å². The van der Waals surface area contributed by atoms with Crippen molar-refractivity contribution in [2.75, 3.05) is 25.5 Å². The van der Waals surface area contributed by atoms with Gasteiger partial charge in [-0.1, -0.05) is 13.8 Å². The third-order valence-electron chi connectivity index (χ3n) is 3.05. The van der Waals surface area contributed by atoms with Crippen molar-refractivity contribution in [3.8, 4) is 0 Å². The number of carbonyl (C=O) groups excluding carboxylic acids is 2. The van der Waals surface area contributed by atoms with Gasteiger partial charge in [0.05, 0.1) is 12.7 Å². The van der Waals surface area contributed by atoms with E-state index < -0.39 is 0 Å². The van der Waals surface area contributed by atoms with Crippen LogP contribution in [-0.4, -0.2) is 32.1 Å². The van der Waals surface area contributed by atoms with E-state index in [0.29, 0.717) is 17.8 Å². The van der Waals surface area contributed by atoms with Crippen LogP contribution in [0.25, 0.3) is 0 Å². The summed E-state index contributed by atoms with van der Waals surface area (Å²) in [6, 6.07) is 5.07. The molecule has 0 spiro atoms. The number of hydrogen-bond acceptors (Lipinski definition) is 4. The van der Waals surface area contributed by atoms with Crippen molar-refractivity contribution in [3.05, 3.63) is 29.3 Å². The number of aryl methyl sites for hydroxylation is 1.